The number of rotatable bonds is 10. The molecule has 0 aliphatic carbocycles. The maximum absolute atomic E-state index is 12.8. The van der Waals surface area contributed by atoms with Crippen LogP contribution in [0.1, 0.15) is 12.0 Å². The summed E-state index contributed by atoms with van der Waals surface area (Å²) in [4.78, 5) is 11.8. The van der Waals surface area contributed by atoms with Crippen molar-refractivity contribution in [3.63, 3.8) is 0 Å². The lowest BCUT2D eigenvalue weighted by atomic mass is 10.1. The zero-order valence-corrected chi connectivity index (χ0v) is 16.1. The van der Waals surface area contributed by atoms with Crippen molar-refractivity contribution < 1.29 is 32.9 Å². The van der Waals surface area contributed by atoms with Crippen LogP contribution in [0.4, 0.5) is 4.39 Å². The Hall–Kier alpha value is -3.22. The summed E-state index contributed by atoms with van der Waals surface area (Å²) in [5.74, 6) is 1.23. The van der Waals surface area contributed by atoms with E-state index in [1.807, 2.05) is 0 Å². The van der Waals surface area contributed by atoms with Crippen molar-refractivity contribution in [1.82, 2.24) is 0 Å². The Bertz CT molecular complexity index is 776. The van der Waals surface area contributed by atoms with Gasteiger partial charge in [-0.1, -0.05) is 0 Å². The molecule has 2 rings (SSSR count). The number of benzene rings is 2. The highest BCUT2D eigenvalue weighted by Crippen LogP contribution is 2.38. The molecule has 0 aliphatic rings. The number of carbonyl (C=O) groups is 1. The number of hydrogen-bond donors (Lipinski definition) is 0. The van der Waals surface area contributed by atoms with Crippen LogP contribution in [-0.4, -0.2) is 40.5 Å². The van der Waals surface area contributed by atoms with Gasteiger partial charge in [-0.3, -0.25) is 0 Å². The molecule has 0 aliphatic heterocycles. The minimum Gasteiger partial charge on any atom is -0.493 e. The Balaban J connectivity index is 1.80. The van der Waals surface area contributed by atoms with Crippen LogP contribution >= 0.6 is 0 Å². The number of hydrogen-bond acceptors (Lipinski definition) is 6. The summed E-state index contributed by atoms with van der Waals surface area (Å²) in [5.41, 5.74) is 0.700. The van der Waals surface area contributed by atoms with E-state index in [4.69, 9.17) is 23.7 Å². The fraction of sp³-hybridized carbons (Fsp3) is 0.286. The first-order valence-electron chi connectivity index (χ1n) is 8.60. The largest absolute Gasteiger partial charge is 0.493 e. The summed E-state index contributed by atoms with van der Waals surface area (Å²) in [6.07, 6.45) is 3.44. The number of carbonyl (C=O) groups excluding carboxylic acids is 1. The van der Waals surface area contributed by atoms with Crippen molar-refractivity contribution in [1.29, 1.82) is 0 Å². The molecule has 2 aromatic rings. The number of esters is 1. The molecular weight excluding hydrogens is 367 g/mol. The van der Waals surface area contributed by atoms with E-state index in [2.05, 4.69) is 0 Å². The summed E-state index contributed by atoms with van der Waals surface area (Å²) in [6.45, 7) is 0.565. The van der Waals surface area contributed by atoms with Gasteiger partial charge < -0.3 is 23.7 Å². The highest BCUT2D eigenvalue weighted by molar-refractivity contribution is 5.87. The third kappa shape index (κ3) is 6.19. The van der Waals surface area contributed by atoms with Crippen molar-refractivity contribution in [2.24, 2.45) is 0 Å². The molecule has 7 heteroatoms. The highest BCUT2D eigenvalue weighted by Gasteiger charge is 2.12. The molecule has 0 spiro atoms. The number of ether oxygens (including phenoxy) is 5. The molecule has 0 amide bonds. The molecule has 150 valence electrons. The van der Waals surface area contributed by atoms with Crippen LogP contribution in [0.15, 0.2) is 42.5 Å². The minimum atomic E-state index is -0.476. The SMILES string of the molecule is COc1cc(C=CC(=O)OCCCOc2ccc(F)cc2)cc(OC)c1OC. The predicted molar refractivity (Wildman–Crippen MR) is 103 cm³/mol. The maximum atomic E-state index is 12.8. The van der Waals surface area contributed by atoms with Crippen LogP contribution in [0.25, 0.3) is 6.08 Å². The maximum Gasteiger partial charge on any atom is 0.330 e. The van der Waals surface area contributed by atoms with E-state index in [1.165, 1.54) is 39.5 Å². The lowest BCUT2D eigenvalue weighted by Crippen LogP contribution is -2.06. The van der Waals surface area contributed by atoms with E-state index in [-0.39, 0.29) is 12.4 Å². The summed E-state index contributed by atoms with van der Waals surface area (Å²) < 4.78 is 39.2. The van der Waals surface area contributed by atoms with Gasteiger partial charge in [0.25, 0.3) is 0 Å². The molecule has 0 heterocycles. The highest BCUT2D eigenvalue weighted by atomic mass is 19.1. The van der Waals surface area contributed by atoms with Crippen LogP contribution < -0.4 is 18.9 Å². The molecule has 0 bridgehead atoms. The molecule has 0 radical (unpaired) electrons. The Labute approximate surface area is 163 Å². The molecule has 0 saturated carbocycles. The first kappa shape index (κ1) is 21.1. The Morgan fingerprint density at radius 3 is 2.18 bits per heavy atom. The zero-order chi connectivity index (χ0) is 20.4. The average molecular weight is 390 g/mol. The van der Waals surface area contributed by atoms with Crippen molar-refractivity contribution in [3.8, 4) is 23.0 Å². The van der Waals surface area contributed by atoms with Crippen molar-refractivity contribution >= 4 is 12.0 Å². The molecule has 2 aromatic carbocycles. The van der Waals surface area contributed by atoms with Crippen LogP contribution in [0.5, 0.6) is 23.0 Å². The van der Waals surface area contributed by atoms with E-state index in [0.717, 1.165) is 0 Å². The molecule has 0 atom stereocenters. The smallest absolute Gasteiger partial charge is 0.330 e. The quantitative estimate of drug-likeness (QED) is 0.349. The van der Waals surface area contributed by atoms with Gasteiger partial charge >= 0.3 is 5.97 Å². The standard InChI is InChI=1S/C21H23FO6/c1-24-18-13-15(14-19(25-2)21(18)26-3)5-10-20(23)28-12-4-11-27-17-8-6-16(22)7-9-17/h5-10,13-14H,4,11-12H2,1-3H3. The van der Waals surface area contributed by atoms with Crippen molar-refractivity contribution in [2.75, 3.05) is 34.5 Å². The van der Waals surface area contributed by atoms with Gasteiger partial charge in [-0.05, 0) is 48.0 Å². The van der Waals surface area contributed by atoms with E-state index < -0.39 is 5.97 Å². The molecule has 0 aromatic heterocycles. The Morgan fingerprint density at radius 2 is 1.61 bits per heavy atom. The van der Waals surface area contributed by atoms with Gasteiger partial charge in [0, 0.05) is 12.5 Å². The fourth-order valence-electron chi connectivity index (χ4n) is 2.36. The van der Waals surface area contributed by atoms with Crippen LogP contribution in [0, 0.1) is 5.82 Å². The zero-order valence-electron chi connectivity index (χ0n) is 16.1. The van der Waals surface area contributed by atoms with Gasteiger partial charge in [0.1, 0.15) is 11.6 Å². The summed E-state index contributed by atoms with van der Waals surface area (Å²) in [7, 11) is 4.56. The molecule has 6 nitrogen and oxygen atoms in total. The van der Waals surface area contributed by atoms with Gasteiger partial charge in [0.2, 0.25) is 5.75 Å². The first-order valence-corrected chi connectivity index (χ1v) is 8.60. The summed E-state index contributed by atoms with van der Waals surface area (Å²) in [6, 6.07) is 9.18. The topological polar surface area (TPSA) is 63.2 Å². The van der Waals surface area contributed by atoms with E-state index in [1.54, 1.807) is 30.3 Å². The van der Waals surface area contributed by atoms with Crippen LogP contribution in [0.3, 0.4) is 0 Å². The van der Waals surface area contributed by atoms with Gasteiger partial charge in [-0.2, -0.15) is 0 Å². The number of methoxy groups -OCH3 is 3. The molecule has 0 unspecified atom stereocenters. The van der Waals surface area contributed by atoms with Crippen LogP contribution in [0.2, 0.25) is 0 Å². The Morgan fingerprint density at radius 1 is 0.964 bits per heavy atom. The van der Waals surface area contributed by atoms with Gasteiger partial charge in [0.15, 0.2) is 11.5 Å². The summed E-state index contributed by atoms with van der Waals surface area (Å²) >= 11 is 0. The monoisotopic (exact) mass is 390 g/mol. The third-order valence-corrected chi connectivity index (χ3v) is 3.71. The third-order valence-electron chi connectivity index (χ3n) is 3.71. The minimum absolute atomic E-state index is 0.208. The second-order valence-electron chi connectivity index (χ2n) is 5.62. The van der Waals surface area contributed by atoms with Crippen molar-refractivity contribution in [2.45, 2.75) is 6.42 Å². The molecule has 28 heavy (non-hydrogen) atoms. The van der Waals surface area contributed by atoms with Crippen LogP contribution in [-0.2, 0) is 9.53 Å². The number of halogens is 1. The Kier molecular flexibility index (Phi) is 8.14. The van der Waals surface area contributed by atoms with E-state index in [0.29, 0.717) is 41.6 Å². The van der Waals surface area contributed by atoms with Gasteiger partial charge in [-0.25, -0.2) is 9.18 Å². The lowest BCUT2D eigenvalue weighted by Gasteiger charge is -2.12. The first-order chi connectivity index (χ1) is 13.6. The molecule has 0 fully saturated rings. The van der Waals surface area contributed by atoms with E-state index >= 15 is 0 Å². The van der Waals surface area contributed by atoms with E-state index in [9.17, 15) is 9.18 Å². The molecular formula is C21H23FO6. The lowest BCUT2D eigenvalue weighted by molar-refractivity contribution is -0.137. The summed E-state index contributed by atoms with van der Waals surface area (Å²) in [5, 5.41) is 0. The average Bonchev–Trinajstić information content (AvgIpc) is 2.72. The second-order valence-corrected chi connectivity index (χ2v) is 5.62. The van der Waals surface area contributed by atoms with Crippen molar-refractivity contribution in [3.05, 3.63) is 53.9 Å². The predicted octanol–water partition coefficient (Wildman–Crippen LogP) is 3.88. The van der Waals surface area contributed by atoms with Gasteiger partial charge in [-0.15, -0.1) is 0 Å². The fourth-order valence-corrected chi connectivity index (χ4v) is 2.36. The molecule has 0 saturated heterocycles. The van der Waals surface area contributed by atoms with Gasteiger partial charge in [0.05, 0.1) is 34.5 Å². The molecule has 0 N–H and O–H groups in total. The second kappa shape index (κ2) is 10.8. The normalized spacial score (nSPS) is 10.6.